The Hall–Kier alpha value is -1.81. The van der Waals surface area contributed by atoms with E-state index in [1.165, 1.54) is 19.1 Å². The molecule has 1 heterocycles. The van der Waals surface area contributed by atoms with E-state index in [1.54, 1.807) is 0 Å². The third-order valence-corrected chi connectivity index (χ3v) is 3.38. The second-order valence-corrected chi connectivity index (χ2v) is 4.98. The van der Waals surface area contributed by atoms with Crippen LogP contribution < -0.4 is 10.6 Å². The van der Waals surface area contributed by atoms with E-state index in [1.807, 2.05) is 24.3 Å². The molecule has 19 heavy (non-hydrogen) atoms. The molecular formula is C15H18N2O2. The molecule has 1 saturated carbocycles. The van der Waals surface area contributed by atoms with Gasteiger partial charge in [0.25, 0.3) is 5.91 Å². The summed E-state index contributed by atoms with van der Waals surface area (Å²) in [7, 11) is 0. The number of para-hydroxylation sites is 1. The Morgan fingerprint density at radius 2 is 2.11 bits per heavy atom. The van der Waals surface area contributed by atoms with Gasteiger partial charge in [0.1, 0.15) is 11.8 Å². The molecule has 1 amide bonds. The number of fused-ring (bicyclic) bond motifs is 1. The van der Waals surface area contributed by atoms with Crippen molar-refractivity contribution in [3.05, 3.63) is 36.1 Å². The Balaban J connectivity index is 1.51. The minimum Gasteiger partial charge on any atom is -0.463 e. The number of hydrogen-bond donors (Lipinski definition) is 2. The van der Waals surface area contributed by atoms with Crippen molar-refractivity contribution in [1.82, 2.24) is 10.6 Å². The first-order valence-corrected chi connectivity index (χ1v) is 6.82. The van der Waals surface area contributed by atoms with E-state index in [0.29, 0.717) is 12.1 Å². The number of carbonyl (C=O) groups is 1. The van der Waals surface area contributed by atoms with Crippen molar-refractivity contribution < 1.29 is 9.21 Å². The Labute approximate surface area is 112 Å². The molecule has 1 aliphatic carbocycles. The molecule has 2 N–H and O–H groups in total. The van der Waals surface area contributed by atoms with Gasteiger partial charge in [0.05, 0.1) is 5.56 Å². The van der Waals surface area contributed by atoms with Gasteiger partial charge in [0.2, 0.25) is 0 Å². The largest absolute Gasteiger partial charge is 0.463 e. The number of carbonyl (C=O) groups excluding carboxylic acids is 1. The lowest BCUT2D eigenvalue weighted by atomic mass is 10.1. The zero-order valence-electron chi connectivity index (χ0n) is 10.8. The van der Waals surface area contributed by atoms with Gasteiger partial charge in [0, 0.05) is 18.0 Å². The molecule has 3 rings (SSSR count). The highest BCUT2D eigenvalue weighted by molar-refractivity contribution is 6.05. The summed E-state index contributed by atoms with van der Waals surface area (Å²) >= 11 is 0. The molecule has 0 atom stereocenters. The zero-order chi connectivity index (χ0) is 13.1. The monoisotopic (exact) mass is 258 g/mol. The molecular weight excluding hydrogens is 240 g/mol. The Bertz CT molecular complexity index is 572. The fourth-order valence-electron chi connectivity index (χ4n) is 2.13. The second kappa shape index (κ2) is 5.45. The summed E-state index contributed by atoms with van der Waals surface area (Å²) in [4.78, 5) is 12.0. The fraction of sp³-hybridized carbons (Fsp3) is 0.400. The number of hydrogen-bond acceptors (Lipinski definition) is 3. The quantitative estimate of drug-likeness (QED) is 0.782. The first-order valence-electron chi connectivity index (χ1n) is 6.82. The van der Waals surface area contributed by atoms with E-state index < -0.39 is 0 Å². The first-order chi connectivity index (χ1) is 9.34. The van der Waals surface area contributed by atoms with Crippen LogP contribution in [-0.2, 0) is 0 Å². The summed E-state index contributed by atoms with van der Waals surface area (Å²) in [6, 6.07) is 8.31. The average Bonchev–Trinajstić information content (AvgIpc) is 3.15. The predicted octanol–water partition coefficient (Wildman–Crippen LogP) is 2.30. The second-order valence-electron chi connectivity index (χ2n) is 4.98. The van der Waals surface area contributed by atoms with Gasteiger partial charge in [-0.1, -0.05) is 18.2 Å². The van der Waals surface area contributed by atoms with Crippen LogP contribution >= 0.6 is 0 Å². The third-order valence-electron chi connectivity index (χ3n) is 3.38. The van der Waals surface area contributed by atoms with Gasteiger partial charge >= 0.3 is 0 Å². The summed E-state index contributed by atoms with van der Waals surface area (Å²) < 4.78 is 5.36. The standard InChI is InChI=1S/C15H18N2O2/c18-15(17-9-3-8-16-11-6-7-11)13-10-19-14-5-2-1-4-12(13)14/h1-2,4-5,10-11,16H,3,6-9H2,(H,17,18). The molecule has 4 nitrogen and oxygen atoms in total. The first kappa shape index (κ1) is 12.2. The molecule has 1 fully saturated rings. The van der Waals surface area contributed by atoms with Gasteiger partial charge in [-0.2, -0.15) is 0 Å². The SMILES string of the molecule is O=C(NCCCNC1CC1)c1coc2ccccc12. The smallest absolute Gasteiger partial charge is 0.255 e. The van der Waals surface area contributed by atoms with Crippen LogP contribution in [0.5, 0.6) is 0 Å². The number of benzene rings is 1. The van der Waals surface area contributed by atoms with Crippen LogP contribution in [0, 0.1) is 0 Å². The van der Waals surface area contributed by atoms with E-state index in [4.69, 9.17) is 4.42 Å². The molecule has 0 saturated heterocycles. The molecule has 1 aromatic heterocycles. The molecule has 1 aromatic carbocycles. The molecule has 2 aromatic rings. The van der Waals surface area contributed by atoms with Gasteiger partial charge in [0.15, 0.2) is 0 Å². The van der Waals surface area contributed by atoms with Crippen LogP contribution in [0.1, 0.15) is 29.6 Å². The zero-order valence-corrected chi connectivity index (χ0v) is 10.8. The highest BCUT2D eigenvalue weighted by atomic mass is 16.3. The van der Waals surface area contributed by atoms with E-state index in [9.17, 15) is 4.79 Å². The van der Waals surface area contributed by atoms with Crippen molar-refractivity contribution in [2.24, 2.45) is 0 Å². The van der Waals surface area contributed by atoms with Gasteiger partial charge in [-0.05, 0) is 31.9 Å². The minimum absolute atomic E-state index is 0.0589. The molecule has 0 aliphatic heterocycles. The molecule has 1 aliphatic rings. The Kier molecular flexibility index (Phi) is 3.51. The summed E-state index contributed by atoms with van der Waals surface area (Å²) in [5.41, 5.74) is 1.37. The maximum Gasteiger partial charge on any atom is 0.255 e. The molecule has 0 bridgehead atoms. The maximum atomic E-state index is 12.0. The van der Waals surface area contributed by atoms with Crippen LogP contribution in [0.4, 0.5) is 0 Å². The lowest BCUT2D eigenvalue weighted by molar-refractivity contribution is 0.0954. The molecule has 100 valence electrons. The Morgan fingerprint density at radius 1 is 1.26 bits per heavy atom. The predicted molar refractivity (Wildman–Crippen MR) is 74.2 cm³/mol. The Morgan fingerprint density at radius 3 is 2.95 bits per heavy atom. The number of furan rings is 1. The lowest BCUT2D eigenvalue weighted by Gasteiger charge is -2.04. The molecule has 0 unspecified atom stereocenters. The molecule has 0 spiro atoms. The van der Waals surface area contributed by atoms with Crippen LogP contribution in [-0.4, -0.2) is 25.0 Å². The van der Waals surface area contributed by atoms with Gasteiger partial charge in [-0.15, -0.1) is 0 Å². The van der Waals surface area contributed by atoms with Crippen molar-refractivity contribution in [3.63, 3.8) is 0 Å². The lowest BCUT2D eigenvalue weighted by Crippen LogP contribution is -2.27. The van der Waals surface area contributed by atoms with Gasteiger partial charge in [-0.3, -0.25) is 4.79 Å². The van der Waals surface area contributed by atoms with E-state index >= 15 is 0 Å². The van der Waals surface area contributed by atoms with E-state index in [2.05, 4.69) is 10.6 Å². The van der Waals surface area contributed by atoms with Gasteiger partial charge in [-0.25, -0.2) is 0 Å². The van der Waals surface area contributed by atoms with Crippen molar-refractivity contribution >= 4 is 16.9 Å². The van der Waals surface area contributed by atoms with Crippen LogP contribution in [0.15, 0.2) is 34.9 Å². The maximum absolute atomic E-state index is 12.0. The van der Waals surface area contributed by atoms with Gasteiger partial charge < -0.3 is 15.1 Å². The van der Waals surface area contributed by atoms with Crippen LogP contribution in [0.2, 0.25) is 0 Å². The third kappa shape index (κ3) is 2.96. The average molecular weight is 258 g/mol. The van der Waals surface area contributed by atoms with Crippen molar-refractivity contribution in [2.45, 2.75) is 25.3 Å². The highest BCUT2D eigenvalue weighted by Gasteiger charge is 2.19. The molecule has 4 heteroatoms. The number of nitrogens with one attached hydrogen (secondary N) is 2. The fourth-order valence-corrected chi connectivity index (χ4v) is 2.13. The molecule has 0 radical (unpaired) electrons. The van der Waals surface area contributed by atoms with Crippen molar-refractivity contribution in [3.8, 4) is 0 Å². The normalized spacial score (nSPS) is 14.7. The number of amides is 1. The minimum atomic E-state index is -0.0589. The summed E-state index contributed by atoms with van der Waals surface area (Å²) in [6.45, 7) is 1.66. The topological polar surface area (TPSA) is 54.3 Å². The highest BCUT2D eigenvalue weighted by Crippen LogP contribution is 2.20. The van der Waals surface area contributed by atoms with Crippen LogP contribution in [0.3, 0.4) is 0 Å². The van der Waals surface area contributed by atoms with Crippen molar-refractivity contribution in [1.29, 1.82) is 0 Å². The number of rotatable bonds is 6. The summed E-state index contributed by atoms with van der Waals surface area (Å²) in [5, 5.41) is 7.23. The van der Waals surface area contributed by atoms with E-state index in [-0.39, 0.29) is 5.91 Å². The summed E-state index contributed by atoms with van der Waals surface area (Å²) in [6.07, 6.45) is 5.08. The van der Waals surface area contributed by atoms with Crippen LogP contribution in [0.25, 0.3) is 11.0 Å². The van der Waals surface area contributed by atoms with E-state index in [0.717, 1.165) is 30.0 Å². The van der Waals surface area contributed by atoms with Crippen molar-refractivity contribution in [2.75, 3.05) is 13.1 Å². The summed E-state index contributed by atoms with van der Waals surface area (Å²) in [5.74, 6) is -0.0589.